The average molecular weight is 239 g/mol. The summed E-state index contributed by atoms with van der Waals surface area (Å²) in [7, 11) is 0. The Morgan fingerprint density at radius 1 is 1.62 bits per heavy atom. The van der Waals surface area contributed by atoms with Crippen molar-refractivity contribution in [2.24, 2.45) is 5.92 Å². The number of rotatable bonds is 4. The molecule has 1 aliphatic rings. The van der Waals surface area contributed by atoms with Crippen molar-refractivity contribution in [1.29, 1.82) is 0 Å². The minimum atomic E-state index is -0.428. The molecule has 1 aromatic heterocycles. The first-order valence-corrected chi connectivity index (χ1v) is 6.18. The van der Waals surface area contributed by atoms with Gasteiger partial charge in [0.2, 0.25) is 0 Å². The van der Waals surface area contributed by atoms with Crippen LogP contribution in [0.5, 0.6) is 0 Å². The van der Waals surface area contributed by atoms with Gasteiger partial charge in [0.25, 0.3) is 5.69 Å². The first kappa shape index (κ1) is 11.3. The smallest absolute Gasteiger partial charge is 0.287 e. The lowest BCUT2D eigenvalue weighted by atomic mass is 10.2. The first-order chi connectivity index (χ1) is 7.75. The van der Waals surface area contributed by atoms with Gasteiger partial charge in [0.05, 0.1) is 9.95 Å². The van der Waals surface area contributed by atoms with Crippen LogP contribution in [0.4, 0.5) is 5.69 Å². The van der Waals surface area contributed by atoms with Gasteiger partial charge in [-0.2, -0.15) is 0 Å². The minimum Gasteiger partial charge on any atom is -0.316 e. The van der Waals surface area contributed by atoms with Crippen LogP contribution in [0, 0.1) is 16.0 Å². The topological polar surface area (TPSA) is 68.1 Å². The van der Waals surface area contributed by atoms with E-state index in [2.05, 4.69) is 10.3 Å². The Balaban J connectivity index is 1.87. The van der Waals surface area contributed by atoms with Crippen LogP contribution in [0.3, 0.4) is 0 Å². The third-order valence-electron chi connectivity index (χ3n) is 2.56. The molecule has 0 bridgehead atoms. The second kappa shape index (κ2) is 5.27. The minimum absolute atomic E-state index is 0.0480. The van der Waals surface area contributed by atoms with E-state index in [4.69, 9.17) is 0 Å². The van der Waals surface area contributed by atoms with Crippen LogP contribution in [-0.4, -0.2) is 28.7 Å². The van der Waals surface area contributed by atoms with E-state index in [9.17, 15) is 10.1 Å². The molecule has 1 N–H and O–H groups in total. The molecule has 1 saturated heterocycles. The van der Waals surface area contributed by atoms with Crippen LogP contribution < -0.4 is 5.32 Å². The Morgan fingerprint density at radius 3 is 3.06 bits per heavy atom. The summed E-state index contributed by atoms with van der Waals surface area (Å²) in [5, 5.41) is 14.6. The fourth-order valence-corrected chi connectivity index (χ4v) is 2.61. The Morgan fingerprint density at radius 2 is 2.50 bits per heavy atom. The molecule has 0 aromatic carbocycles. The molecule has 2 rings (SSSR count). The first-order valence-electron chi connectivity index (χ1n) is 5.19. The van der Waals surface area contributed by atoms with Crippen molar-refractivity contribution < 1.29 is 4.92 Å². The van der Waals surface area contributed by atoms with E-state index >= 15 is 0 Å². The molecule has 0 radical (unpaired) electrons. The summed E-state index contributed by atoms with van der Waals surface area (Å²) >= 11 is 1.66. The zero-order chi connectivity index (χ0) is 11.4. The monoisotopic (exact) mass is 239 g/mol. The molecule has 0 aliphatic carbocycles. The predicted molar refractivity (Wildman–Crippen MR) is 62.6 cm³/mol. The summed E-state index contributed by atoms with van der Waals surface area (Å²) < 4.78 is 0. The van der Waals surface area contributed by atoms with Gasteiger partial charge in [0, 0.05) is 11.8 Å². The molecule has 5 nitrogen and oxygen atoms in total. The van der Waals surface area contributed by atoms with Gasteiger partial charge in [-0.1, -0.05) is 0 Å². The van der Waals surface area contributed by atoms with E-state index in [1.54, 1.807) is 17.8 Å². The van der Waals surface area contributed by atoms with Crippen molar-refractivity contribution >= 4 is 17.4 Å². The van der Waals surface area contributed by atoms with Crippen molar-refractivity contribution in [1.82, 2.24) is 10.3 Å². The van der Waals surface area contributed by atoms with Crippen LogP contribution in [0.25, 0.3) is 0 Å². The van der Waals surface area contributed by atoms with Gasteiger partial charge in [-0.15, -0.1) is 11.8 Å². The third kappa shape index (κ3) is 2.93. The molecule has 1 fully saturated rings. The van der Waals surface area contributed by atoms with Crippen LogP contribution in [0.2, 0.25) is 0 Å². The van der Waals surface area contributed by atoms with Gasteiger partial charge in [-0.3, -0.25) is 10.1 Å². The highest BCUT2D eigenvalue weighted by Gasteiger charge is 2.15. The van der Waals surface area contributed by atoms with E-state index in [-0.39, 0.29) is 5.69 Å². The summed E-state index contributed by atoms with van der Waals surface area (Å²) in [6, 6.07) is 3.22. The number of nitrogens with zero attached hydrogens (tertiary/aromatic N) is 2. The molecule has 0 saturated carbocycles. The number of hydrogen-bond donors (Lipinski definition) is 1. The molecule has 86 valence electrons. The Bertz CT molecular complexity index is 363. The van der Waals surface area contributed by atoms with Crippen LogP contribution >= 0.6 is 11.8 Å². The maximum Gasteiger partial charge on any atom is 0.287 e. The van der Waals surface area contributed by atoms with Crippen molar-refractivity contribution in [2.45, 2.75) is 11.4 Å². The molecule has 1 aromatic rings. The van der Waals surface area contributed by atoms with Crippen LogP contribution in [-0.2, 0) is 0 Å². The number of nitrogens with one attached hydrogen (secondary N) is 1. The van der Waals surface area contributed by atoms with Gasteiger partial charge >= 0.3 is 0 Å². The summed E-state index contributed by atoms with van der Waals surface area (Å²) in [6.45, 7) is 2.17. The molecule has 1 atom stereocenters. The molecule has 0 unspecified atom stereocenters. The van der Waals surface area contributed by atoms with Gasteiger partial charge in [-0.05, 0) is 31.5 Å². The second-order valence-corrected chi connectivity index (χ2v) is 4.82. The van der Waals surface area contributed by atoms with Crippen LogP contribution in [0.1, 0.15) is 6.42 Å². The highest BCUT2D eigenvalue weighted by molar-refractivity contribution is 7.99. The van der Waals surface area contributed by atoms with Gasteiger partial charge < -0.3 is 5.32 Å². The Hall–Kier alpha value is -1.14. The van der Waals surface area contributed by atoms with Gasteiger partial charge in [-0.25, -0.2) is 4.98 Å². The molecular formula is C10H13N3O2S. The average Bonchev–Trinajstić information content (AvgIpc) is 2.80. The van der Waals surface area contributed by atoms with E-state index in [1.165, 1.54) is 18.7 Å². The van der Waals surface area contributed by atoms with Crippen molar-refractivity contribution in [3.8, 4) is 0 Å². The number of thioether (sulfide) groups is 1. The Kier molecular flexibility index (Phi) is 3.74. The van der Waals surface area contributed by atoms with Gasteiger partial charge in [0.15, 0.2) is 0 Å². The summed E-state index contributed by atoms with van der Waals surface area (Å²) in [5.74, 6) is 1.72. The summed E-state index contributed by atoms with van der Waals surface area (Å²) in [5.41, 5.74) is 0.0480. The highest BCUT2D eigenvalue weighted by Crippen LogP contribution is 2.22. The van der Waals surface area contributed by atoms with Crippen LogP contribution in [0.15, 0.2) is 23.4 Å². The molecule has 0 amide bonds. The summed E-state index contributed by atoms with van der Waals surface area (Å²) in [4.78, 5) is 14.1. The lowest BCUT2D eigenvalue weighted by molar-refractivity contribution is -0.385. The molecule has 6 heteroatoms. The van der Waals surface area contributed by atoms with E-state index in [1.807, 2.05) is 0 Å². The van der Waals surface area contributed by atoms with Gasteiger partial charge in [0.1, 0.15) is 6.20 Å². The SMILES string of the molecule is O=[N+]([O-])c1ccc(SC[C@H]2CCNC2)nc1. The van der Waals surface area contributed by atoms with E-state index in [0.29, 0.717) is 5.92 Å². The molecular weight excluding hydrogens is 226 g/mol. The van der Waals surface area contributed by atoms with Crippen molar-refractivity contribution in [2.75, 3.05) is 18.8 Å². The number of nitro groups is 1. The maximum atomic E-state index is 10.4. The number of pyridine rings is 1. The van der Waals surface area contributed by atoms with Crippen molar-refractivity contribution in [3.63, 3.8) is 0 Å². The van der Waals surface area contributed by atoms with E-state index in [0.717, 1.165) is 23.9 Å². The lowest BCUT2D eigenvalue weighted by Gasteiger charge is -2.06. The molecule has 16 heavy (non-hydrogen) atoms. The predicted octanol–water partition coefficient (Wildman–Crippen LogP) is 1.69. The standard InChI is InChI=1S/C10H13N3O2S/c14-13(15)9-1-2-10(12-6-9)16-7-8-3-4-11-5-8/h1-2,6,8,11H,3-5,7H2/t8-/m0/s1. The zero-order valence-corrected chi connectivity index (χ0v) is 9.57. The normalized spacial score (nSPS) is 19.9. The molecule has 1 aliphatic heterocycles. The quantitative estimate of drug-likeness (QED) is 0.492. The lowest BCUT2D eigenvalue weighted by Crippen LogP contribution is -2.10. The Labute approximate surface area is 97.8 Å². The highest BCUT2D eigenvalue weighted by atomic mass is 32.2. The largest absolute Gasteiger partial charge is 0.316 e. The van der Waals surface area contributed by atoms with E-state index < -0.39 is 4.92 Å². The third-order valence-corrected chi connectivity index (χ3v) is 3.74. The summed E-state index contributed by atoms with van der Waals surface area (Å²) in [6.07, 6.45) is 2.52. The fraction of sp³-hybridized carbons (Fsp3) is 0.500. The fourth-order valence-electron chi connectivity index (χ4n) is 1.63. The maximum absolute atomic E-state index is 10.4. The molecule has 2 heterocycles. The number of aromatic nitrogens is 1. The number of hydrogen-bond acceptors (Lipinski definition) is 5. The van der Waals surface area contributed by atoms with Crippen molar-refractivity contribution in [3.05, 3.63) is 28.4 Å². The second-order valence-electron chi connectivity index (χ2n) is 3.78. The zero-order valence-electron chi connectivity index (χ0n) is 8.76. The molecule has 0 spiro atoms.